The molecule has 4 nitrogen and oxygen atoms in total. The Morgan fingerprint density at radius 1 is 1.23 bits per heavy atom. The molecule has 4 rings (SSSR count). The smallest absolute Gasteiger partial charge is 0.169 e. The van der Waals surface area contributed by atoms with Gasteiger partial charge in [0, 0.05) is 23.4 Å². The zero-order valence-corrected chi connectivity index (χ0v) is 12.7. The van der Waals surface area contributed by atoms with E-state index in [1.165, 1.54) is 19.3 Å². The number of piperidine rings is 1. The molecule has 1 saturated carbocycles. The first-order valence-corrected chi connectivity index (χ1v) is 8.22. The Hall–Kier alpha value is -1.81. The highest BCUT2D eigenvalue weighted by molar-refractivity contribution is 6.10. The van der Waals surface area contributed by atoms with E-state index in [0.29, 0.717) is 17.7 Å². The maximum atomic E-state index is 12.5. The van der Waals surface area contributed by atoms with E-state index in [1.807, 2.05) is 0 Å². The maximum Gasteiger partial charge on any atom is 0.169 e. The highest BCUT2D eigenvalue weighted by Crippen LogP contribution is 2.38. The number of phenols is 1. The molecule has 4 heteroatoms. The number of fused-ring (bicyclic) bond motifs is 1. The second kappa shape index (κ2) is 5.43. The molecule has 1 saturated heterocycles. The zero-order chi connectivity index (χ0) is 15.1. The fourth-order valence-electron chi connectivity index (χ4n) is 3.44. The minimum atomic E-state index is 0.158. The number of Topliss-reactive ketones (excluding diaryl/α,β-unsaturated/α-hetero) is 1. The fourth-order valence-corrected chi connectivity index (χ4v) is 3.44. The van der Waals surface area contributed by atoms with Crippen LogP contribution in [-0.4, -0.2) is 28.9 Å². The molecule has 0 unspecified atom stereocenters. The van der Waals surface area contributed by atoms with Gasteiger partial charge in [-0.1, -0.05) is 6.42 Å². The van der Waals surface area contributed by atoms with Crippen molar-refractivity contribution in [3.63, 3.8) is 0 Å². The number of nitrogens with zero attached hydrogens (tertiary/aromatic N) is 1. The van der Waals surface area contributed by atoms with E-state index in [1.54, 1.807) is 18.4 Å². The third-order valence-electron chi connectivity index (χ3n) is 4.87. The quantitative estimate of drug-likeness (QED) is 0.874. The average molecular weight is 299 g/mol. The Balaban J connectivity index is 1.75. The standard InChI is InChI=1S/C18H21NO3/c20-15-6-7-16-17(13(15)10-19-8-2-1-3-9-19)14(11-22-16)18(21)12-4-5-12/h6-7,11-12,20H,1-5,8-10H2. The molecule has 0 amide bonds. The van der Waals surface area contributed by atoms with Crippen LogP contribution in [0.5, 0.6) is 5.75 Å². The summed E-state index contributed by atoms with van der Waals surface area (Å²) in [6.07, 6.45) is 7.22. The average Bonchev–Trinajstić information content (AvgIpc) is 3.30. The van der Waals surface area contributed by atoms with Gasteiger partial charge in [0.1, 0.15) is 17.6 Å². The molecule has 1 aliphatic heterocycles. The Morgan fingerprint density at radius 3 is 2.73 bits per heavy atom. The van der Waals surface area contributed by atoms with Gasteiger partial charge in [-0.3, -0.25) is 9.69 Å². The second-order valence-corrected chi connectivity index (χ2v) is 6.56. The summed E-state index contributed by atoms with van der Waals surface area (Å²) in [5.74, 6) is 0.597. The van der Waals surface area contributed by atoms with Crippen LogP contribution in [0, 0.1) is 5.92 Å². The summed E-state index contributed by atoms with van der Waals surface area (Å²) in [4.78, 5) is 14.8. The van der Waals surface area contributed by atoms with Crippen molar-refractivity contribution < 1.29 is 14.3 Å². The fraction of sp³-hybridized carbons (Fsp3) is 0.500. The summed E-state index contributed by atoms with van der Waals surface area (Å²) in [5.41, 5.74) is 2.20. The van der Waals surface area contributed by atoms with Crippen LogP contribution in [0.1, 0.15) is 48.0 Å². The van der Waals surface area contributed by atoms with E-state index in [9.17, 15) is 9.90 Å². The van der Waals surface area contributed by atoms with Crippen LogP contribution in [0.4, 0.5) is 0 Å². The van der Waals surface area contributed by atoms with Gasteiger partial charge in [0.05, 0.1) is 5.56 Å². The second-order valence-electron chi connectivity index (χ2n) is 6.56. The summed E-state index contributed by atoms with van der Waals surface area (Å²) in [5, 5.41) is 11.2. The SMILES string of the molecule is O=C(c1coc2ccc(O)c(CN3CCCCC3)c12)C1CC1. The Kier molecular flexibility index (Phi) is 3.41. The molecular weight excluding hydrogens is 278 g/mol. The first-order chi connectivity index (χ1) is 10.7. The minimum absolute atomic E-state index is 0.158. The van der Waals surface area contributed by atoms with Gasteiger partial charge < -0.3 is 9.52 Å². The molecule has 1 aromatic heterocycles. The van der Waals surface area contributed by atoms with E-state index < -0.39 is 0 Å². The zero-order valence-electron chi connectivity index (χ0n) is 12.7. The van der Waals surface area contributed by atoms with E-state index in [4.69, 9.17) is 4.42 Å². The topological polar surface area (TPSA) is 53.7 Å². The Bertz CT molecular complexity index is 708. The molecule has 2 fully saturated rings. The lowest BCUT2D eigenvalue weighted by molar-refractivity contribution is 0.0968. The van der Waals surface area contributed by atoms with Gasteiger partial charge in [0.15, 0.2) is 5.78 Å². The predicted octanol–water partition coefficient (Wildman–Crippen LogP) is 3.72. The summed E-state index contributed by atoms with van der Waals surface area (Å²) in [7, 11) is 0. The van der Waals surface area contributed by atoms with Gasteiger partial charge in [-0.2, -0.15) is 0 Å². The molecule has 22 heavy (non-hydrogen) atoms. The number of aromatic hydroxyl groups is 1. The number of carbonyl (C=O) groups excluding carboxylic acids is 1. The normalized spacial score (nSPS) is 19.6. The van der Waals surface area contributed by atoms with Crippen LogP contribution in [0.3, 0.4) is 0 Å². The van der Waals surface area contributed by atoms with Crippen molar-refractivity contribution in [2.75, 3.05) is 13.1 Å². The number of ketones is 1. The van der Waals surface area contributed by atoms with E-state index in [2.05, 4.69) is 4.90 Å². The van der Waals surface area contributed by atoms with Crippen molar-refractivity contribution in [3.8, 4) is 5.75 Å². The largest absolute Gasteiger partial charge is 0.508 e. The highest BCUT2D eigenvalue weighted by Gasteiger charge is 2.33. The van der Waals surface area contributed by atoms with Crippen molar-refractivity contribution >= 4 is 16.8 Å². The number of hydrogen-bond donors (Lipinski definition) is 1. The third-order valence-corrected chi connectivity index (χ3v) is 4.87. The van der Waals surface area contributed by atoms with Gasteiger partial charge in [0.2, 0.25) is 0 Å². The molecule has 0 spiro atoms. The van der Waals surface area contributed by atoms with E-state index >= 15 is 0 Å². The summed E-state index contributed by atoms with van der Waals surface area (Å²) in [6.45, 7) is 2.80. The third kappa shape index (κ3) is 2.41. The number of hydrogen-bond acceptors (Lipinski definition) is 4. The number of benzene rings is 1. The summed E-state index contributed by atoms with van der Waals surface area (Å²) >= 11 is 0. The molecule has 1 aliphatic carbocycles. The number of furan rings is 1. The number of rotatable bonds is 4. The predicted molar refractivity (Wildman–Crippen MR) is 84.1 cm³/mol. The Labute approximate surface area is 129 Å². The van der Waals surface area contributed by atoms with E-state index in [0.717, 1.165) is 36.9 Å². The molecule has 2 heterocycles. The molecule has 116 valence electrons. The molecule has 2 aliphatic rings. The molecular formula is C18H21NO3. The van der Waals surface area contributed by atoms with Crippen molar-refractivity contribution in [2.24, 2.45) is 5.92 Å². The summed E-state index contributed by atoms with van der Waals surface area (Å²) in [6, 6.07) is 3.44. The summed E-state index contributed by atoms with van der Waals surface area (Å²) < 4.78 is 5.58. The Morgan fingerprint density at radius 2 is 2.00 bits per heavy atom. The van der Waals surface area contributed by atoms with Gasteiger partial charge in [-0.25, -0.2) is 0 Å². The van der Waals surface area contributed by atoms with Crippen LogP contribution >= 0.6 is 0 Å². The van der Waals surface area contributed by atoms with Crippen molar-refractivity contribution in [2.45, 2.75) is 38.6 Å². The lowest BCUT2D eigenvalue weighted by Crippen LogP contribution is -2.29. The van der Waals surface area contributed by atoms with Crippen LogP contribution in [-0.2, 0) is 6.54 Å². The van der Waals surface area contributed by atoms with Gasteiger partial charge in [-0.05, 0) is 50.9 Å². The van der Waals surface area contributed by atoms with E-state index in [-0.39, 0.29) is 17.5 Å². The van der Waals surface area contributed by atoms with Crippen molar-refractivity contribution in [1.82, 2.24) is 4.90 Å². The lowest BCUT2D eigenvalue weighted by Gasteiger charge is -2.27. The maximum absolute atomic E-state index is 12.5. The first kappa shape index (κ1) is 13.8. The molecule has 0 radical (unpaired) electrons. The van der Waals surface area contributed by atoms with Gasteiger partial charge in [0.25, 0.3) is 0 Å². The highest BCUT2D eigenvalue weighted by atomic mass is 16.3. The number of likely N-dealkylation sites (tertiary alicyclic amines) is 1. The van der Waals surface area contributed by atoms with Crippen LogP contribution in [0.25, 0.3) is 11.0 Å². The molecule has 0 atom stereocenters. The monoisotopic (exact) mass is 299 g/mol. The number of carbonyl (C=O) groups is 1. The number of phenolic OH excluding ortho intramolecular Hbond substituents is 1. The van der Waals surface area contributed by atoms with Crippen LogP contribution in [0.15, 0.2) is 22.8 Å². The van der Waals surface area contributed by atoms with Crippen molar-refractivity contribution in [1.29, 1.82) is 0 Å². The minimum Gasteiger partial charge on any atom is -0.508 e. The van der Waals surface area contributed by atoms with Crippen LogP contribution in [0.2, 0.25) is 0 Å². The van der Waals surface area contributed by atoms with Gasteiger partial charge in [-0.15, -0.1) is 0 Å². The molecule has 2 aromatic rings. The molecule has 1 aromatic carbocycles. The van der Waals surface area contributed by atoms with Gasteiger partial charge >= 0.3 is 0 Å². The first-order valence-electron chi connectivity index (χ1n) is 8.22. The molecule has 0 bridgehead atoms. The van der Waals surface area contributed by atoms with Crippen LogP contribution < -0.4 is 0 Å². The van der Waals surface area contributed by atoms with Crippen molar-refractivity contribution in [3.05, 3.63) is 29.5 Å². The molecule has 1 N–H and O–H groups in total. The lowest BCUT2D eigenvalue weighted by atomic mass is 9.99.